The average molecular weight is 709 g/mol. The Morgan fingerprint density at radius 1 is 1.30 bits per heavy atom. The molecule has 5 N–H and O–H groups in total. The summed E-state index contributed by atoms with van der Waals surface area (Å²) in [6.45, 7) is 12.3. The lowest BCUT2D eigenvalue weighted by molar-refractivity contribution is -0.151. The number of allylic oxidation sites excluding steroid dienone is 2. The van der Waals surface area contributed by atoms with Crippen LogP contribution in [0.1, 0.15) is 86.5 Å². The zero-order valence-corrected chi connectivity index (χ0v) is 30.7. The third-order valence-electron chi connectivity index (χ3n) is 10.3. The minimum atomic E-state index is -1.17. The predicted molar refractivity (Wildman–Crippen MR) is 186 cm³/mol. The van der Waals surface area contributed by atoms with Crippen molar-refractivity contribution in [2.24, 2.45) is 11.8 Å². The van der Waals surface area contributed by atoms with Gasteiger partial charge >= 0.3 is 18.0 Å². The van der Waals surface area contributed by atoms with E-state index in [1.807, 2.05) is 33.8 Å². The van der Waals surface area contributed by atoms with Gasteiger partial charge in [-0.25, -0.2) is 4.79 Å². The number of methoxy groups -OCH3 is 1. The molecule has 0 aromatic heterocycles. The van der Waals surface area contributed by atoms with Crippen molar-refractivity contribution in [2.45, 2.75) is 140 Å². The molecular formula is C37H60N2O11. The number of nitrogens with zero attached hydrogens (tertiary/aromatic N) is 1. The van der Waals surface area contributed by atoms with E-state index in [-0.39, 0.29) is 55.8 Å². The lowest BCUT2D eigenvalue weighted by Crippen LogP contribution is -2.54. The number of carbonyl (C=O) groups is 3. The van der Waals surface area contributed by atoms with E-state index in [0.717, 1.165) is 0 Å². The normalized spacial score (nSPS) is 34.4. The van der Waals surface area contributed by atoms with Crippen LogP contribution in [0.15, 0.2) is 36.0 Å². The van der Waals surface area contributed by atoms with Crippen molar-refractivity contribution in [1.29, 1.82) is 0 Å². The molecule has 50 heavy (non-hydrogen) atoms. The average Bonchev–Trinajstić information content (AvgIpc) is 3.83. The Morgan fingerprint density at radius 3 is 2.68 bits per heavy atom. The molecule has 3 rings (SSSR count). The maximum absolute atomic E-state index is 13.5. The Balaban J connectivity index is 1.77. The van der Waals surface area contributed by atoms with Gasteiger partial charge in [-0.05, 0) is 58.1 Å². The number of hydrogen-bond acceptors (Lipinski definition) is 11. The van der Waals surface area contributed by atoms with Crippen molar-refractivity contribution >= 4 is 18.0 Å². The van der Waals surface area contributed by atoms with E-state index < -0.39 is 53.6 Å². The maximum atomic E-state index is 13.5. The first kappa shape index (κ1) is 41.6. The molecule has 0 aromatic rings. The van der Waals surface area contributed by atoms with Crippen molar-refractivity contribution in [2.75, 3.05) is 26.7 Å². The maximum Gasteiger partial charge on any atom is 0.410 e. The van der Waals surface area contributed by atoms with E-state index >= 15 is 0 Å². The highest BCUT2D eigenvalue weighted by molar-refractivity contribution is 5.70. The molecule has 11 atom stereocenters. The molecule has 13 nitrogen and oxygen atoms in total. The molecule has 0 radical (unpaired) electrons. The second-order valence-corrected chi connectivity index (χ2v) is 14.7. The number of aliphatic carboxylic acids is 1. The van der Waals surface area contributed by atoms with E-state index in [9.17, 15) is 29.7 Å². The zero-order valence-electron chi connectivity index (χ0n) is 30.7. The van der Waals surface area contributed by atoms with Crippen LogP contribution in [-0.2, 0) is 28.5 Å². The lowest BCUT2D eigenvalue weighted by Gasteiger charge is -2.38. The Hall–Kier alpha value is -2.81. The molecule has 3 heterocycles. The van der Waals surface area contributed by atoms with Crippen LogP contribution in [-0.4, -0.2) is 124 Å². The fraction of sp³-hybridized carbons (Fsp3) is 0.757. The number of ether oxygens (including phenoxy) is 4. The SMILES string of the molecule is CC[C@H](O)[C@@H](C)[C@H]1O[C@@H]1C[C@@](C)(O)/C=C/C=C(\C)[C@H]1OC(=O)C[C@H](O)CC[C@@](C)(OC)[C@@H](OC(=O)N2CCNC(CCC(=O)O)C2)/C=C/[C@@H]1C. The van der Waals surface area contributed by atoms with E-state index in [1.54, 1.807) is 43.1 Å². The number of hydrogen-bond donors (Lipinski definition) is 5. The number of rotatable bonds is 13. The highest BCUT2D eigenvalue weighted by Crippen LogP contribution is 2.37. The number of carbonyl (C=O) groups excluding carboxylic acids is 2. The second kappa shape index (κ2) is 18.6. The number of esters is 1. The fourth-order valence-electron chi connectivity index (χ4n) is 6.67. The van der Waals surface area contributed by atoms with Crippen LogP contribution in [0, 0.1) is 11.8 Å². The topological polar surface area (TPSA) is 188 Å². The Morgan fingerprint density at radius 2 is 2.02 bits per heavy atom. The van der Waals surface area contributed by atoms with Crippen LogP contribution in [0.2, 0.25) is 0 Å². The number of carboxylic acid groups (broad SMARTS) is 1. The quantitative estimate of drug-likeness (QED) is 0.0813. The van der Waals surface area contributed by atoms with Gasteiger partial charge in [-0.1, -0.05) is 45.1 Å². The van der Waals surface area contributed by atoms with E-state index in [4.69, 9.17) is 24.1 Å². The van der Waals surface area contributed by atoms with Crippen LogP contribution in [0.25, 0.3) is 0 Å². The molecule has 1 amide bonds. The van der Waals surface area contributed by atoms with Gasteiger partial charge in [-0.3, -0.25) is 9.59 Å². The van der Waals surface area contributed by atoms with E-state index in [0.29, 0.717) is 44.5 Å². The lowest BCUT2D eigenvalue weighted by atomic mass is 9.88. The molecule has 13 heteroatoms. The molecule has 3 aliphatic rings. The monoisotopic (exact) mass is 708 g/mol. The number of piperazine rings is 1. The van der Waals surface area contributed by atoms with Gasteiger partial charge in [0.1, 0.15) is 11.7 Å². The first-order valence-electron chi connectivity index (χ1n) is 17.9. The zero-order chi connectivity index (χ0) is 37.2. The molecule has 3 aliphatic heterocycles. The summed E-state index contributed by atoms with van der Waals surface area (Å²) in [5, 5.41) is 44.3. The molecule has 1 unspecified atom stereocenters. The summed E-state index contributed by atoms with van der Waals surface area (Å²) >= 11 is 0. The summed E-state index contributed by atoms with van der Waals surface area (Å²) in [6.07, 6.45) is 6.52. The van der Waals surface area contributed by atoms with Gasteiger partial charge in [0, 0.05) is 57.5 Å². The molecule has 2 fully saturated rings. The van der Waals surface area contributed by atoms with Crippen molar-refractivity contribution in [3.05, 3.63) is 36.0 Å². The number of amides is 1. The van der Waals surface area contributed by atoms with Crippen molar-refractivity contribution in [1.82, 2.24) is 10.2 Å². The van der Waals surface area contributed by atoms with Gasteiger partial charge in [0.2, 0.25) is 0 Å². The van der Waals surface area contributed by atoms with Gasteiger partial charge in [-0.15, -0.1) is 0 Å². The third kappa shape index (κ3) is 12.4. The first-order valence-corrected chi connectivity index (χ1v) is 17.9. The van der Waals surface area contributed by atoms with Crippen LogP contribution in [0.5, 0.6) is 0 Å². The van der Waals surface area contributed by atoms with Gasteiger partial charge in [0.05, 0.1) is 36.4 Å². The number of aliphatic hydroxyl groups excluding tert-OH is 2. The van der Waals surface area contributed by atoms with E-state index in [2.05, 4.69) is 5.32 Å². The third-order valence-corrected chi connectivity index (χ3v) is 10.3. The first-order chi connectivity index (χ1) is 23.5. The highest BCUT2D eigenvalue weighted by atomic mass is 16.6. The predicted octanol–water partition coefficient (Wildman–Crippen LogP) is 3.50. The molecule has 0 bridgehead atoms. The summed E-state index contributed by atoms with van der Waals surface area (Å²) < 4.78 is 23.6. The molecule has 284 valence electrons. The molecule has 0 saturated carbocycles. The molecule has 0 aromatic carbocycles. The number of aliphatic hydroxyl groups is 3. The van der Waals surface area contributed by atoms with Gasteiger partial charge in [-0.2, -0.15) is 0 Å². The largest absolute Gasteiger partial charge is 0.481 e. The van der Waals surface area contributed by atoms with Gasteiger partial charge < -0.3 is 49.6 Å². The van der Waals surface area contributed by atoms with Crippen LogP contribution in [0.3, 0.4) is 0 Å². The Bertz CT molecular complexity index is 1240. The Kier molecular flexibility index (Phi) is 15.5. The number of cyclic esters (lactones) is 1. The smallest absolute Gasteiger partial charge is 0.410 e. The summed E-state index contributed by atoms with van der Waals surface area (Å²) in [6, 6.07) is -0.173. The van der Waals surface area contributed by atoms with Crippen LogP contribution >= 0.6 is 0 Å². The summed E-state index contributed by atoms with van der Waals surface area (Å²) in [5.41, 5.74) is -1.50. The fourth-order valence-corrected chi connectivity index (χ4v) is 6.67. The van der Waals surface area contributed by atoms with Gasteiger partial charge in [0.25, 0.3) is 0 Å². The molecular weight excluding hydrogens is 648 g/mol. The Labute approximate surface area is 296 Å². The second-order valence-electron chi connectivity index (χ2n) is 14.7. The van der Waals surface area contributed by atoms with Crippen molar-refractivity contribution in [3.63, 3.8) is 0 Å². The highest BCUT2D eigenvalue weighted by Gasteiger charge is 2.47. The van der Waals surface area contributed by atoms with E-state index in [1.165, 1.54) is 7.11 Å². The van der Waals surface area contributed by atoms with Crippen molar-refractivity contribution in [3.8, 4) is 0 Å². The molecule has 0 aliphatic carbocycles. The number of carboxylic acids is 1. The number of epoxide rings is 1. The van der Waals surface area contributed by atoms with Gasteiger partial charge in [0.15, 0.2) is 6.10 Å². The van der Waals surface area contributed by atoms with Crippen molar-refractivity contribution < 1.29 is 53.8 Å². The standard InChI is InChI=1S/C37H60N2O11/c1-8-28(41)25(4)34-29(48-34)21-36(5,46)16-9-10-23(2)33-24(3)11-13-30(37(6,47-7)17-15-27(40)20-32(44)50-33)49-35(45)39-19-18-38-26(22-39)12-14-31(42)43/h9-11,13,16,24-30,33-34,38,40-41,46H,8,12,14-15,17-22H2,1-7H3,(H,42,43)/b13-11+,16-9+,23-10+/t24-,25+,26?,27+,28-,29+,30-,33+,34+,36-,37+/m0/s1. The molecule has 2 saturated heterocycles. The van der Waals surface area contributed by atoms with Crippen LogP contribution in [0.4, 0.5) is 4.79 Å². The minimum Gasteiger partial charge on any atom is -0.481 e. The minimum absolute atomic E-state index is 0.0112. The van der Waals surface area contributed by atoms with Crippen LogP contribution < -0.4 is 5.32 Å². The summed E-state index contributed by atoms with van der Waals surface area (Å²) in [4.78, 5) is 39.0. The summed E-state index contributed by atoms with van der Waals surface area (Å²) in [7, 11) is 1.51. The molecule has 0 spiro atoms. The number of nitrogens with one attached hydrogen (secondary N) is 1. The summed E-state index contributed by atoms with van der Waals surface area (Å²) in [5.74, 6) is -1.85.